The Morgan fingerprint density at radius 3 is 2.76 bits per heavy atom. The van der Waals surface area contributed by atoms with Gasteiger partial charge in [0.2, 0.25) is 10.0 Å². The molecule has 21 heavy (non-hydrogen) atoms. The highest BCUT2D eigenvalue weighted by Gasteiger charge is 2.32. The van der Waals surface area contributed by atoms with Gasteiger partial charge in [-0.1, -0.05) is 13.8 Å². The van der Waals surface area contributed by atoms with Crippen LogP contribution in [0.25, 0.3) is 0 Å². The molecule has 0 amide bonds. The van der Waals surface area contributed by atoms with Gasteiger partial charge in [0.15, 0.2) is 0 Å². The number of aryl methyl sites for hydroxylation is 1. The van der Waals surface area contributed by atoms with Crippen LogP contribution in [0.15, 0.2) is 11.0 Å². The highest BCUT2D eigenvalue weighted by atomic mass is 32.2. The smallest absolute Gasteiger partial charge is 0.244 e. The number of nitrogens with one attached hydrogen (secondary N) is 1. The van der Waals surface area contributed by atoms with Crippen molar-refractivity contribution in [3.05, 3.63) is 15.8 Å². The molecule has 7 heteroatoms. The molecule has 1 atom stereocenters. The number of nitrogens with zero attached hydrogens (tertiary/aromatic N) is 1. The Balaban J connectivity index is 2.19. The van der Waals surface area contributed by atoms with Crippen LogP contribution in [0.4, 0.5) is 0 Å². The van der Waals surface area contributed by atoms with Crippen LogP contribution < -0.4 is 5.32 Å². The molecule has 1 aliphatic rings. The normalized spacial score (nSPS) is 19.8. The van der Waals surface area contributed by atoms with Gasteiger partial charge < -0.3 is 5.32 Å². The Kier molecular flexibility index (Phi) is 5.76. The van der Waals surface area contributed by atoms with Crippen molar-refractivity contribution in [3.63, 3.8) is 0 Å². The Morgan fingerprint density at radius 2 is 2.19 bits per heavy atom. The number of sulfonamides is 1. The minimum absolute atomic E-state index is 0.136. The van der Waals surface area contributed by atoms with Crippen molar-refractivity contribution in [1.82, 2.24) is 9.62 Å². The third-order valence-corrected chi connectivity index (χ3v) is 8.05. The van der Waals surface area contributed by atoms with E-state index in [1.807, 2.05) is 24.8 Å². The van der Waals surface area contributed by atoms with Gasteiger partial charge >= 0.3 is 0 Å². The lowest BCUT2D eigenvalue weighted by molar-refractivity contribution is 0.394. The number of hydrogen-bond donors (Lipinski definition) is 1. The molecule has 120 valence electrons. The zero-order valence-electron chi connectivity index (χ0n) is 13.0. The standard InChI is InChI=1S/C14H24N2O2S3/c1-10(2)15-8-13-7-14(11(3)20-13)21(17,18)16(4)12-5-6-19-9-12/h7,10,12,15H,5-6,8-9H2,1-4H3. The largest absolute Gasteiger partial charge is 0.310 e. The first-order valence-corrected chi connectivity index (χ1v) is 10.6. The first kappa shape index (κ1) is 17.3. The van der Waals surface area contributed by atoms with Gasteiger partial charge in [0.05, 0.1) is 4.90 Å². The Labute approximate surface area is 136 Å². The van der Waals surface area contributed by atoms with E-state index in [0.29, 0.717) is 10.9 Å². The second-order valence-electron chi connectivity index (χ2n) is 5.71. The highest BCUT2D eigenvalue weighted by molar-refractivity contribution is 7.99. The fourth-order valence-electron chi connectivity index (χ4n) is 2.33. The second-order valence-corrected chi connectivity index (χ2v) is 10.2. The molecule has 2 rings (SSSR count). The summed E-state index contributed by atoms with van der Waals surface area (Å²) >= 11 is 3.40. The van der Waals surface area contributed by atoms with Gasteiger partial charge in [0, 0.05) is 41.2 Å². The zero-order chi connectivity index (χ0) is 15.6. The fourth-order valence-corrected chi connectivity index (χ4v) is 6.63. The maximum atomic E-state index is 12.8. The summed E-state index contributed by atoms with van der Waals surface area (Å²) in [7, 11) is -1.65. The van der Waals surface area contributed by atoms with Crippen molar-refractivity contribution in [3.8, 4) is 0 Å². The van der Waals surface area contributed by atoms with Crippen LogP contribution >= 0.6 is 23.1 Å². The summed E-state index contributed by atoms with van der Waals surface area (Å²) in [6.45, 7) is 6.79. The molecule has 4 nitrogen and oxygen atoms in total. The molecule has 1 N–H and O–H groups in total. The maximum Gasteiger partial charge on any atom is 0.244 e. The SMILES string of the molecule is Cc1sc(CNC(C)C)cc1S(=O)(=O)N(C)C1CCSC1. The Hall–Kier alpha value is -0.0800. The van der Waals surface area contributed by atoms with Crippen LogP contribution in [0.2, 0.25) is 0 Å². The number of rotatable bonds is 6. The highest BCUT2D eigenvalue weighted by Crippen LogP contribution is 2.31. The van der Waals surface area contributed by atoms with E-state index in [2.05, 4.69) is 19.2 Å². The summed E-state index contributed by atoms with van der Waals surface area (Å²) in [6.07, 6.45) is 0.950. The lowest BCUT2D eigenvalue weighted by Crippen LogP contribution is -2.37. The first-order valence-electron chi connectivity index (χ1n) is 7.21. The number of thiophene rings is 1. The van der Waals surface area contributed by atoms with Crippen molar-refractivity contribution >= 4 is 33.1 Å². The summed E-state index contributed by atoms with van der Waals surface area (Å²) in [5, 5.41) is 3.34. The molecular weight excluding hydrogens is 324 g/mol. The van der Waals surface area contributed by atoms with E-state index in [0.717, 1.165) is 34.2 Å². The fraction of sp³-hybridized carbons (Fsp3) is 0.714. The van der Waals surface area contributed by atoms with Crippen LogP contribution in [-0.4, -0.2) is 43.4 Å². The second kappa shape index (κ2) is 7.00. The van der Waals surface area contributed by atoms with Crippen LogP contribution in [0.3, 0.4) is 0 Å². The molecule has 1 fully saturated rings. The van der Waals surface area contributed by atoms with Crippen LogP contribution in [-0.2, 0) is 16.6 Å². The zero-order valence-corrected chi connectivity index (χ0v) is 15.5. The van der Waals surface area contributed by atoms with Gasteiger partial charge in [0.25, 0.3) is 0 Å². The van der Waals surface area contributed by atoms with Gasteiger partial charge in [-0.25, -0.2) is 8.42 Å². The molecule has 1 aromatic heterocycles. The molecule has 2 heterocycles. The molecule has 1 saturated heterocycles. The summed E-state index contributed by atoms with van der Waals surface area (Å²) in [5.74, 6) is 1.96. The van der Waals surface area contributed by atoms with E-state index in [1.165, 1.54) is 0 Å². The van der Waals surface area contributed by atoms with Crippen LogP contribution in [0.1, 0.15) is 30.0 Å². The molecule has 1 aliphatic heterocycles. The summed E-state index contributed by atoms with van der Waals surface area (Å²) in [6, 6.07) is 2.37. The minimum atomic E-state index is -3.37. The Morgan fingerprint density at radius 1 is 1.48 bits per heavy atom. The van der Waals surface area contributed by atoms with E-state index < -0.39 is 10.0 Å². The molecule has 0 aliphatic carbocycles. The van der Waals surface area contributed by atoms with E-state index in [9.17, 15) is 8.42 Å². The third kappa shape index (κ3) is 4.01. The summed E-state index contributed by atoms with van der Waals surface area (Å²) in [5.41, 5.74) is 0. The lowest BCUT2D eigenvalue weighted by atomic mass is 10.3. The van der Waals surface area contributed by atoms with Crippen LogP contribution in [0, 0.1) is 6.92 Å². The van der Waals surface area contributed by atoms with E-state index in [-0.39, 0.29) is 6.04 Å². The van der Waals surface area contributed by atoms with Gasteiger partial charge in [-0.05, 0) is 25.2 Å². The average Bonchev–Trinajstić information content (AvgIpc) is 3.04. The summed E-state index contributed by atoms with van der Waals surface area (Å²) < 4.78 is 27.2. The molecule has 1 aromatic rings. The predicted octanol–water partition coefficient (Wildman–Crippen LogP) is 2.68. The monoisotopic (exact) mass is 348 g/mol. The Bertz CT molecular complexity index is 575. The molecule has 0 spiro atoms. The first-order chi connectivity index (χ1) is 9.82. The average molecular weight is 349 g/mol. The van der Waals surface area contributed by atoms with Crippen LogP contribution in [0.5, 0.6) is 0 Å². The maximum absolute atomic E-state index is 12.8. The molecule has 0 saturated carbocycles. The van der Waals surface area contributed by atoms with Crippen molar-refractivity contribution in [1.29, 1.82) is 0 Å². The van der Waals surface area contributed by atoms with Crippen molar-refractivity contribution in [2.45, 2.75) is 50.7 Å². The van der Waals surface area contributed by atoms with Gasteiger partial charge in [0.1, 0.15) is 0 Å². The van der Waals surface area contributed by atoms with Crippen molar-refractivity contribution in [2.75, 3.05) is 18.6 Å². The number of thioether (sulfide) groups is 1. The van der Waals surface area contributed by atoms with E-state index in [1.54, 1.807) is 22.7 Å². The van der Waals surface area contributed by atoms with E-state index >= 15 is 0 Å². The van der Waals surface area contributed by atoms with Gasteiger partial charge in [-0.3, -0.25) is 0 Å². The molecule has 0 aromatic carbocycles. The van der Waals surface area contributed by atoms with Gasteiger partial charge in [-0.15, -0.1) is 11.3 Å². The number of hydrogen-bond acceptors (Lipinski definition) is 5. The lowest BCUT2D eigenvalue weighted by Gasteiger charge is -2.22. The molecule has 0 radical (unpaired) electrons. The van der Waals surface area contributed by atoms with Crippen molar-refractivity contribution in [2.24, 2.45) is 0 Å². The van der Waals surface area contributed by atoms with E-state index in [4.69, 9.17) is 0 Å². The topological polar surface area (TPSA) is 49.4 Å². The molecule has 1 unspecified atom stereocenters. The third-order valence-electron chi connectivity index (χ3n) is 3.68. The molecular formula is C14H24N2O2S3. The predicted molar refractivity (Wildman–Crippen MR) is 91.7 cm³/mol. The quantitative estimate of drug-likeness (QED) is 0.859. The minimum Gasteiger partial charge on any atom is -0.310 e. The van der Waals surface area contributed by atoms with Crippen molar-refractivity contribution < 1.29 is 8.42 Å². The van der Waals surface area contributed by atoms with Gasteiger partial charge in [-0.2, -0.15) is 16.1 Å². The molecule has 0 bridgehead atoms. The summed E-state index contributed by atoms with van der Waals surface area (Å²) in [4.78, 5) is 2.44.